The van der Waals surface area contributed by atoms with Crippen LogP contribution in [0, 0.1) is 11.3 Å². The number of nitriles is 1. The number of hydrogen-bond donors (Lipinski definition) is 1. The van der Waals surface area contributed by atoms with E-state index >= 15 is 0 Å². The molecule has 1 amide bonds. The minimum absolute atomic E-state index is 0.189. The van der Waals surface area contributed by atoms with Crippen molar-refractivity contribution in [2.75, 3.05) is 11.1 Å². The first-order valence-corrected chi connectivity index (χ1v) is 9.23. The summed E-state index contributed by atoms with van der Waals surface area (Å²) < 4.78 is 5.15. The van der Waals surface area contributed by atoms with Gasteiger partial charge in [-0.15, -0.1) is 11.8 Å². The number of thioether (sulfide) groups is 1. The molecule has 0 aliphatic heterocycles. The zero-order valence-electron chi connectivity index (χ0n) is 14.1. The Morgan fingerprint density at radius 1 is 1.27 bits per heavy atom. The van der Waals surface area contributed by atoms with Crippen molar-refractivity contribution in [1.82, 2.24) is 0 Å². The minimum atomic E-state index is -0.922. The zero-order chi connectivity index (χ0) is 18.9. The van der Waals surface area contributed by atoms with E-state index in [4.69, 9.17) is 21.6 Å². The summed E-state index contributed by atoms with van der Waals surface area (Å²) in [5, 5.41) is 12.1. The highest BCUT2D eigenvalue weighted by Crippen LogP contribution is 2.21. The Morgan fingerprint density at radius 2 is 2.00 bits per heavy atom. The highest BCUT2D eigenvalue weighted by molar-refractivity contribution is 7.99. The Balaban J connectivity index is 1.75. The van der Waals surface area contributed by atoms with Crippen molar-refractivity contribution in [3.63, 3.8) is 0 Å². The Labute approximate surface area is 161 Å². The molecule has 26 heavy (non-hydrogen) atoms. The number of halogens is 1. The molecule has 0 fully saturated rings. The topological polar surface area (TPSA) is 79.2 Å². The van der Waals surface area contributed by atoms with E-state index < -0.39 is 18.0 Å². The molecule has 7 heteroatoms. The molecule has 1 atom stereocenters. The van der Waals surface area contributed by atoms with E-state index in [9.17, 15) is 9.59 Å². The SMILES string of the molecule is C[C@H](OC(=O)CCSc1ccc(Cl)cc1)C(=O)Nc1cccc(C#N)c1. The van der Waals surface area contributed by atoms with Gasteiger partial charge in [0.2, 0.25) is 0 Å². The second kappa shape index (κ2) is 9.85. The van der Waals surface area contributed by atoms with Crippen LogP contribution in [-0.4, -0.2) is 23.7 Å². The van der Waals surface area contributed by atoms with E-state index in [0.717, 1.165) is 4.90 Å². The third-order valence-electron chi connectivity index (χ3n) is 3.33. The summed E-state index contributed by atoms with van der Waals surface area (Å²) in [6.45, 7) is 1.51. The van der Waals surface area contributed by atoms with Crippen LogP contribution in [0.1, 0.15) is 18.9 Å². The van der Waals surface area contributed by atoms with Gasteiger partial charge < -0.3 is 10.1 Å². The largest absolute Gasteiger partial charge is 0.453 e. The predicted molar refractivity (Wildman–Crippen MR) is 102 cm³/mol. The smallest absolute Gasteiger partial charge is 0.307 e. The number of hydrogen-bond acceptors (Lipinski definition) is 5. The first-order valence-electron chi connectivity index (χ1n) is 7.87. The molecule has 1 N–H and O–H groups in total. The van der Waals surface area contributed by atoms with Crippen LogP contribution in [0.2, 0.25) is 5.02 Å². The maximum Gasteiger partial charge on any atom is 0.307 e. The summed E-state index contributed by atoms with van der Waals surface area (Å²) in [4.78, 5) is 25.0. The monoisotopic (exact) mass is 388 g/mol. The Hall–Kier alpha value is -2.49. The summed E-state index contributed by atoms with van der Waals surface area (Å²) in [5.74, 6) is -0.349. The van der Waals surface area contributed by atoms with Gasteiger partial charge in [0.25, 0.3) is 5.91 Å². The molecule has 0 unspecified atom stereocenters. The number of rotatable bonds is 7. The molecule has 0 aromatic heterocycles. The van der Waals surface area contributed by atoms with Gasteiger partial charge in [-0.1, -0.05) is 17.7 Å². The standard InChI is InChI=1S/C19H17ClN2O3S/c1-13(19(24)22-16-4-2-3-14(11-16)12-21)25-18(23)9-10-26-17-7-5-15(20)6-8-17/h2-8,11,13H,9-10H2,1H3,(H,22,24)/t13-/m0/s1. The van der Waals surface area contributed by atoms with Crippen LogP contribution in [0.5, 0.6) is 0 Å². The van der Waals surface area contributed by atoms with Crippen LogP contribution in [0.25, 0.3) is 0 Å². The lowest BCUT2D eigenvalue weighted by atomic mass is 10.2. The molecule has 134 valence electrons. The van der Waals surface area contributed by atoms with E-state index in [2.05, 4.69) is 5.32 Å². The van der Waals surface area contributed by atoms with Crippen molar-refractivity contribution in [1.29, 1.82) is 5.26 Å². The zero-order valence-corrected chi connectivity index (χ0v) is 15.6. The third kappa shape index (κ3) is 6.43. The lowest BCUT2D eigenvalue weighted by Crippen LogP contribution is -2.30. The number of benzene rings is 2. The number of esters is 1. The first kappa shape index (κ1) is 19.8. The summed E-state index contributed by atoms with van der Waals surface area (Å²) in [7, 11) is 0. The van der Waals surface area contributed by atoms with Crippen molar-refractivity contribution in [3.05, 3.63) is 59.1 Å². The van der Waals surface area contributed by atoms with Gasteiger partial charge in [-0.2, -0.15) is 5.26 Å². The maximum atomic E-state index is 12.1. The Bertz CT molecular complexity index is 818. The van der Waals surface area contributed by atoms with Crippen molar-refractivity contribution >= 4 is 40.9 Å². The second-order valence-electron chi connectivity index (χ2n) is 5.37. The normalized spacial score (nSPS) is 11.3. The molecule has 0 heterocycles. The third-order valence-corrected chi connectivity index (χ3v) is 4.59. The highest BCUT2D eigenvalue weighted by Gasteiger charge is 2.18. The molecule has 0 saturated heterocycles. The number of amides is 1. The van der Waals surface area contributed by atoms with Gasteiger partial charge in [-0.25, -0.2) is 0 Å². The molecule has 0 aliphatic rings. The summed E-state index contributed by atoms with van der Waals surface area (Å²) in [6, 6.07) is 15.8. The van der Waals surface area contributed by atoms with Crippen LogP contribution in [0.3, 0.4) is 0 Å². The fourth-order valence-corrected chi connectivity index (χ4v) is 2.96. The lowest BCUT2D eigenvalue weighted by Gasteiger charge is -2.13. The van der Waals surface area contributed by atoms with E-state index in [-0.39, 0.29) is 6.42 Å². The number of carbonyl (C=O) groups is 2. The molecular formula is C19H17ClN2O3S. The molecule has 2 aromatic carbocycles. The quantitative estimate of drug-likeness (QED) is 0.566. The van der Waals surface area contributed by atoms with Crippen LogP contribution in [0.4, 0.5) is 5.69 Å². The fourth-order valence-electron chi connectivity index (χ4n) is 2.00. The number of anilines is 1. The van der Waals surface area contributed by atoms with Crippen LogP contribution < -0.4 is 5.32 Å². The molecule has 0 spiro atoms. The Kier molecular flexibility index (Phi) is 7.52. The molecule has 0 bridgehead atoms. The van der Waals surface area contributed by atoms with Crippen molar-refractivity contribution in [2.24, 2.45) is 0 Å². The maximum absolute atomic E-state index is 12.1. The van der Waals surface area contributed by atoms with Gasteiger partial charge in [0.1, 0.15) is 0 Å². The van der Waals surface area contributed by atoms with Gasteiger partial charge in [0, 0.05) is 21.4 Å². The van der Waals surface area contributed by atoms with Gasteiger partial charge in [-0.3, -0.25) is 9.59 Å². The van der Waals surface area contributed by atoms with E-state index in [1.807, 2.05) is 18.2 Å². The summed E-state index contributed by atoms with van der Waals surface area (Å²) in [5.41, 5.74) is 0.918. The van der Waals surface area contributed by atoms with E-state index in [1.165, 1.54) is 18.7 Å². The fraction of sp³-hybridized carbons (Fsp3) is 0.211. The lowest BCUT2D eigenvalue weighted by molar-refractivity contribution is -0.152. The van der Waals surface area contributed by atoms with Gasteiger partial charge in [0.05, 0.1) is 18.1 Å². The van der Waals surface area contributed by atoms with Crippen LogP contribution in [-0.2, 0) is 14.3 Å². The van der Waals surface area contributed by atoms with Crippen LogP contribution >= 0.6 is 23.4 Å². The van der Waals surface area contributed by atoms with Gasteiger partial charge >= 0.3 is 5.97 Å². The Morgan fingerprint density at radius 3 is 2.69 bits per heavy atom. The predicted octanol–water partition coefficient (Wildman–Crippen LogP) is 4.26. The van der Waals surface area contributed by atoms with Crippen molar-refractivity contribution in [3.8, 4) is 6.07 Å². The molecule has 5 nitrogen and oxygen atoms in total. The molecular weight excluding hydrogens is 372 g/mol. The molecule has 2 rings (SSSR count). The van der Waals surface area contributed by atoms with Crippen LogP contribution in [0.15, 0.2) is 53.4 Å². The highest BCUT2D eigenvalue weighted by atomic mass is 35.5. The minimum Gasteiger partial charge on any atom is -0.453 e. The van der Waals surface area contributed by atoms with E-state index in [1.54, 1.807) is 36.4 Å². The number of carbonyl (C=O) groups excluding carboxylic acids is 2. The van der Waals surface area contributed by atoms with E-state index in [0.29, 0.717) is 22.0 Å². The van der Waals surface area contributed by atoms with Gasteiger partial charge in [-0.05, 0) is 49.4 Å². The van der Waals surface area contributed by atoms with Crippen molar-refractivity contribution < 1.29 is 14.3 Å². The summed E-state index contributed by atoms with van der Waals surface area (Å²) in [6.07, 6.45) is -0.733. The molecule has 0 radical (unpaired) electrons. The average Bonchev–Trinajstić information content (AvgIpc) is 2.63. The molecule has 0 saturated carbocycles. The first-order chi connectivity index (χ1) is 12.5. The number of ether oxygens (including phenoxy) is 1. The second-order valence-corrected chi connectivity index (χ2v) is 6.97. The molecule has 2 aromatic rings. The van der Waals surface area contributed by atoms with Gasteiger partial charge in [0.15, 0.2) is 6.10 Å². The number of nitrogens with one attached hydrogen (secondary N) is 1. The molecule has 0 aliphatic carbocycles. The summed E-state index contributed by atoms with van der Waals surface area (Å²) >= 11 is 7.33. The van der Waals surface area contributed by atoms with Crippen molar-refractivity contribution in [2.45, 2.75) is 24.3 Å². The average molecular weight is 389 g/mol. The number of nitrogens with zero attached hydrogens (tertiary/aromatic N) is 1.